The molecule has 2 aromatic rings. The van der Waals surface area contributed by atoms with E-state index in [2.05, 4.69) is 22.3 Å². The highest BCUT2D eigenvalue weighted by Crippen LogP contribution is 2.26. The lowest BCUT2D eigenvalue weighted by molar-refractivity contribution is 0.0924. The summed E-state index contributed by atoms with van der Waals surface area (Å²) in [4.78, 5) is 14.9. The van der Waals surface area contributed by atoms with Crippen LogP contribution in [0.3, 0.4) is 0 Å². The third kappa shape index (κ3) is 5.30. The number of ether oxygens (including phenoxy) is 1. The van der Waals surface area contributed by atoms with Crippen LogP contribution in [0.4, 0.5) is 4.39 Å². The molecular formula is C22H27FN2O2. The molecule has 1 aliphatic heterocycles. The Morgan fingerprint density at radius 2 is 1.89 bits per heavy atom. The van der Waals surface area contributed by atoms with Gasteiger partial charge in [0.2, 0.25) is 0 Å². The molecule has 3 rings (SSSR count). The molecule has 0 saturated carbocycles. The van der Waals surface area contributed by atoms with Crippen LogP contribution in [-0.2, 0) is 0 Å². The minimum atomic E-state index is -0.401. The smallest absolute Gasteiger partial charge is 0.251 e. The number of rotatable bonds is 7. The van der Waals surface area contributed by atoms with E-state index in [1.54, 1.807) is 12.1 Å². The Balaban J connectivity index is 1.72. The first-order valence-electron chi connectivity index (χ1n) is 9.68. The average Bonchev–Trinajstić information content (AvgIpc) is 2.70. The van der Waals surface area contributed by atoms with E-state index in [0.29, 0.717) is 18.7 Å². The Morgan fingerprint density at radius 1 is 1.15 bits per heavy atom. The first-order chi connectivity index (χ1) is 13.2. The number of amides is 1. The fourth-order valence-corrected chi connectivity index (χ4v) is 3.56. The van der Waals surface area contributed by atoms with E-state index in [-0.39, 0.29) is 11.9 Å². The van der Waals surface area contributed by atoms with E-state index in [0.717, 1.165) is 24.4 Å². The van der Waals surface area contributed by atoms with Crippen molar-refractivity contribution >= 4 is 5.91 Å². The quantitative estimate of drug-likeness (QED) is 0.795. The van der Waals surface area contributed by atoms with Crippen LogP contribution < -0.4 is 10.1 Å². The van der Waals surface area contributed by atoms with Gasteiger partial charge < -0.3 is 10.1 Å². The molecule has 2 aromatic carbocycles. The molecule has 1 saturated heterocycles. The van der Waals surface area contributed by atoms with Crippen LogP contribution in [0.1, 0.15) is 48.1 Å². The van der Waals surface area contributed by atoms with E-state index in [1.807, 2.05) is 19.1 Å². The van der Waals surface area contributed by atoms with Gasteiger partial charge in [0.25, 0.3) is 5.91 Å². The van der Waals surface area contributed by atoms with Crippen LogP contribution in [0.2, 0.25) is 0 Å². The summed E-state index contributed by atoms with van der Waals surface area (Å²) in [5, 5.41) is 2.98. The summed E-state index contributed by atoms with van der Waals surface area (Å²) in [7, 11) is 0. The fraction of sp³-hybridized carbons (Fsp3) is 0.409. The maximum atomic E-state index is 13.4. The molecule has 0 spiro atoms. The van der Waals surface area contributed by atoms with Crippen LogP contribution in [0.5, 0.6) is 5.75 Å². The molecule has 144 valence electrons. The number of nitrogens with zero attached hydrogens (tertiary/aromatic N) is 1. The van der Waals surface area contributed by atoms with Gasteiger partial charge in [-0.15, -0.1) is 0 Å². The van der Waals surface area contributed by atoms with Crippen LogP contribution in [0, 0.1) is 5.82 Å². The number of carbonyl (C=O) groups is 1. The summed E-state index contributed by atoms with van der Waals surface area (Å²) in [6.45, 7) is 5.13. The van der Waals surface area contributed by atoms with Gasteiger partial charge in [-0.1, -0.05) is 24.6 Å². The molecule has 1 aliphatic rings. The van der Waals surface area contributed by atoms with Crippen molar-refractivity contribution in [3.8, 4) is 5.75 Å². The van der Waals surface area contributed by atoms with Crippen molar-refractivity contribution in [2.75, 3.05) is 26.2 Å². The van der Waals surface area contributed by atoms with Gasteiger partial charge in [-0.3, -0.25) is 9.69 Å². The average molecular weight is 370 g/mol. The Kier molecular flexibility index (Phi) is 6.82. The highest BCUT2D eigenvalue weighted by molar-refractivity contribution is 5.94. The molecule has 4 nitrogen and oxygen atoms in total. The Labute approximate surface area is 160 Å². The van der Waals surface area contributed by atoms with Gasteiger partial charge in [0.05, 0.1) is 12.6 Å². The highest BCUT2D eigenvalue weighted by Gasteiger charge is 2.23. The first kappa shape index (κ1) is 19.4. The zero-order valence-electron chi connectivity index (χ0n) is 15.8. The molecule has 5 heteroatoms. The SMILES string of the molecule is CCOc1ccc(C(CNC(=O)c2cccc(F)c2)N2CCCCC2)cc1. The second-order valence-electron chi connectivity index (χ2n) is 6.83. The zero-order chi connectivity index (χ0) is 19.1. The second kappa shape index (κ2) is 9.51. The minimum absolute atomic E-state index is 0.0958. The molecule has 1 N–H and O–H groups in total. The highest BCUT2D eigenvalue weighted by atomic mass is 19.1. The number of likely N-dealkylation sites (tertiary alicyclic amines) is 1. The van der Waals surface area contributed by atoms with Crippen molar-refractivity contribution in [3.63, 3.8) is 0 Å². The monoisotopic (exact) mass is 370 g/mol. The fourth-order valence-electron chi connectivity index (χ4n) is 3.56. The number of halogens is 1. The number of nitrogens with one attached hydrogen (secondary N) is 1. The molecule has 1 unspecified atom stereocenters. The predicted octanol–water partition coefficient (Wildman–Crippen LogP) is 4.18. The van der Waals surface area contributed by atoms with Gasteiger partial charge in [0.1, 0.15) is 11.6 Å². The lowest BCUT2D eigenvalue weighted by Crippen LogP contribution is -2.40. The maximum Gasteiger partial charge on any atom is 0.251 e. The number of hydrogen-bond donors (Lipinski definition) is 1. The molecule has 0 aromatic heterocycles. The van der Waals surface area contributed by atoms with Crippen molar-refractivity contribution in [1.29, 1.82) is 0 Å². The topological polar surface area (TPSA) is 41.6 Å². The number of carbonyl (C=O) groups excluding carboxylic acids is 1. The summed E-state index contributed by atoms with van der Waals surface area (Å²) in [5.41, 5.74) is 1.50. The van der Waals surface area contributed by atoms with E-state index in [4.69, 9.17) is 4.74 Å². The first-order valence-corrected chi connectivity index (χ1v) is 9.68. The lowest BCUT2D eigenvalue weighted by atomic mass is 10.0. The number of hydrogen-bond acceptors (Lipinski definition) is 3. The Morgan fingerprint density at radius 3 is 2.56 bits per heavy atom. The molecule has 1 amide bonds. The van der Waals surface area contributed by atoms with Crippen molar-refractivity contribution in [2.45, 2.75) is 32.2 Å². The van der Waals surface area contributed by atoms with Crippen LogP contribution in [0.15, 0.2) is 48.5 Å². The molecule has 0 bridgehead atoms. The van der Waals surface area contributed by atoms with E-state index < -0.39 is 5.82 Å². The molecular weight excluding hydrogens is 343 g/mol. The summed E-state index contributed by atoms with van der Waals surface area (Å²) < 4.78 is 18.9. The normalized spacial score (nSPS) is 15.9. The van der Waals surface area contributed by atoms with Gasteiger partial charge in [-0.25, -0.2) is 4.39 Å². The third-order valence-electron chi connectivity index (χ3n) is 4.95. The molecule has 1 atom stereocenters. The summed E-state index contributed by atoms with van der Waals surface area (Å²) >= 11 is 0. The Bertz CT molecular complexity index is 742. The van der Waals surface area contributed by atoms with Gasteiger partial charge in [0, 0.05) is 12.1 Å². The van der Waals surface area contributed by atoms with Crippen molar-refractivity contribution in [1.82, 2.24) is 10.2 Å². The molecule has 1 heterocycles. The zero-order valence-corrected chi connectivity index (χ0v) is 15.8. The molecule has 0 aliphatic carbocycles. The number of benzene rings is 2. The largest absolute Gasteiger partial charge is 0.494 e. The van der Waals surface area contributed by atoms with Crippen LogP contribution in [-0.4, -0.2) is 37.0 Å². The van der Waals surface area contributed by atoms with Crippen molar-refractivity contribution in [2.24, 2.45) is 0 Å². The van der Waals surface area contributed by atoms with E-state index in [9.17, 15) is 9.18 Å². The van der Waals surface area contributed by atoms with Crippen LogP contribution >= 0.6 is 0 Å². The van der Waals surface area contributed by atoms with E-state index >= 15 is 0 Å². The summed E-state index contributed by atoms with van der Waals surface area (Å²) in [5.74, 6) is 0.201. The van der Waals surface area contributed by atoms with E-state index in [1.165, 1.54) is 31.4 Å². The Hall–Kier alpha value is -2.40. The van der Waals surface area contributed by atoms with Gasteiger partial charge in [0.15, 0.2) is 0 Å². The lowest BCUT2D eigenvalue weighted by Gasteiger charge is -2.35. The molecule has 0 radical (unpaired) electrons. The minimum Gasteiger partial charge on any atom is -0.494 e. The predicted molar refractivity (Wildman–Crippen MR) is 105 cm³/mol. The molecule has 1 fully saturated rings. The number of piperidine rings is 1. The van der Waals surface area contributed by atoms with Crippen LogP contribution in [0.25, 0.3) is 0 Å². The summed E-state index contributed by atoms with van der Waals surface area (Å²) in [6, 6.07) is 14.0. The second-order valence-corrected chi connectivity index (χ2v) is 6.83. The van der Waals surface area contributed by atoms with Gasteiger partial charge in [-0.05, 0) is 68.8 Å². The van der Waals surface area contributed by atoms with Crippen molar-refractivity contribution in [3.05, 3.63) is 65.5 Å². The standard InChI is InChI=1S/C22H27FN2O2/c1-2-27-20-11-9-17(10-12-20)21(25-13-4-3-5-14-25)16-24-22(26)18-7-6-8-19(23)15-18/h6-12,15,21H,2-5,13-14,16H2,1H3,(H,24,26). The third-order valence-corrected chi connectivity index (χ3v) is 4.95. The van der Waals surface area contributed by atoms with Crippen molar-refractivity contribution < 1.29 is 13.9 Å². The van der Waals surface area contributed by atoms with Gasteiger partial charge in [-0.2, -0.15) is 0 Å². The molecule has 27 heavy (non-hydrogen) atoms. The maximum absolute atomic E-state index is 13.4. The summed E-state index contributed by atoms with van der Waals surface area (Å²) in [6.07, 6.45) is 3.60. The van der Waals surface area contributed by atoms with Gasteiger partial charge >= 0.3 is 0 Å².